The van der Waals surface area contributed by atoms with E-state index < -0.39 is 11.9 Å². The first kappa shape index (κ1) is 21.1. The van der Waals surface area contributed by atoms with Crippen molar-refractivity contribution in [3.8, 4) is 5.75 Å². The maximum absolute atomic E-state index is 12.3. The molecule has 0 spiro atoms. The Morgan fingerprint density at radius 2 is 1.71 bits per heavy atom. The summed E-state index contributed by atoms with van der Waals surface area (Å²) in [5, 5.41) is 1.13. The smallest absolute Gasteiger partial charge is 0.363 e. The highest BCUT2D eigenvalue weighted by molar-refractivity contribution is 6.42. The fourth-order valence-electron chi connectivity index (χ4n) is 2.73. The molecule has 31 heavy (non-hydrogen) atoms. The number of esters is 2. The molecule has 0 saturated heterocycles. The molecule has 0 saturated carbocycles. The number of aliphatic imine (C=N–C) groups is 1. The maximum Gasteiger partial charge on any atom is 0.363 e. The fraction of sp³-hybridized carbons (Fsp3) is 0. The van der Waals surface area contributed by atoms with Crippen LogP contribution in [-0.4, -0.2) is 17.8 Å². The molecule has 0 N–H and O–H groups in total. The fourth-order valence-corrected chi connectivity index (χ4v) is 3.22. The van der Waals surface area contributed by atoms with Gasteiger partial charge in [0, 0.05) is 10.6 Å². The molecule has 1 heterocycles. The van der Waals surface area contributed by atoms with Gasteiger partial charge in [-0.15, -0.1) is 0 Å². The van der Waals surface area contributed by atoms with Crippen LogP contribution in [0.3, 0.4) is 0 Å². The van der Waals surface area contributed by atoms with Crippen LogP contribution in [0.5, 0.6) is 5.75 Å². The van der Waals surface area contributed by atoms with Crippen molar-refractivity contribution in [3.63, 3.8) is 0 Å². The first-order valence-corrected chi connectivity index (χ1v) is 10.1. The average Bonchev–Trinajstić information content (AvgIpc) is 3.12. The Morgan fingerprint density at radius 3 is 2.42 bits per heavy atom. The number of carbonyl (C=O) groups is 2. The van der Waals surface area contributed by atoms with E-state index >= 15 is 0 Å². The van der Waals surface area contributed by atoms with E-state index in [1.807, 2.05) is 0 Å². The van der Waals surface area contributed by atoms with E-state index in [0.29, 0.717) is 26.9 Å². The van der Waals surface area contributed by atoms with Crippen LogP contribution >= 0.6 is 34.8 Å². The van der Waals surface area contributed by atoms with Crippen LogP contribution in [-0.2, 0) is 9.53 Å². The number of cyclic esters (lactones) is 1. The zero-order valence-electron chi connectivity index (χ0n) is 15.6. The third kappa shape index (κ3) is 4.97. The van der Waals surface area contributed by atoms with Gasteiger partial charge in [0.25, 0.3) is 0 Å². The largest absolute Gasteiger partial charge is 0.423 e. The van der Waals surface area contributed by atoms with Crippen molar-refractivity contribution in [2.45, 2.75) is 0 Å². The summed E-state index contributed by atoms with van der Waals surface area (Å²) in [5.74, 6) is -0.619. The van der Waals surface area contributed by atoms with Crippen molar-refractivity contribution in [3.05, 3.63) is 104 Å². The third-order valence-electron chi connectivity index (χ3n) is 4.24. The number of nitrogens with zero attached hydrogens (tertiary/aromatic N) is 1. The van der Waals surface area contributed by atoms with Crippen LogP contribution in [0, 0.1) is 0 Å². The number of rotatable bonds is 4. The zero-order chi connectivity index (χ0) is 22.0. The molecule has 0 bridgehead atoms. The predicted octanol–water partition coefficient (Wildman–Crippen LogP) is 6.21. The minimum Gasteiger partial charge on any atom is -0.423 e. The summed E-state index contributed by atoms with van der Waals surface area (Å²) in [4.78, 5) is 28.6. The number of hydrogen-bond donors (Lipinski definition) is 0. The Hall–Kier alpha value is -3.12. The van der Waals surface area contributed by atoms with Crippen molar-refractivity contribution in [1.82, 2.24) is 0 Å². The molecular formula is C23H12Cl3NO4. The normalized spacial score (nSPS) is 14.4. The summed E-state index contributed by atoms with van der Waals surface area (Å²) >= 11 is 17.8. The van der Waals surface area contributed by atoms with Gasteiger partial charge in [-0.2, -0.15) is 0 Å². The van der Waals surface area contributed by atoms with Crippen LogP contribution in [0.2, 0.25) is 15.1 Å². The number of ether oxygens (including phenoxy) is 2. The summed E-state index contributed by atoms with van der Waals surface area (Å²) in [6.07, 6.45) is 1.57. The average molecular weight is 473 g/mol. The molecule has 0 amide bonds. The van der Waals surface area contributed by atoms with Crippen LogP contribution < -0.4 is 4.74 Å². The Labute approximate surface area is 192 Å². The summed E-state index contributed by atoms with van der Waals surface area (Å²) in [7, 11) is 0. The number of benzene rings is 3. The third-order valence-corrected chi connectivity index (χ3v) is 5.22. The van der Waals surface area contributed by atoms with E-state index in [0.717, 1.165) is 0 Å². The quantitative estimate of drug-likeness (QED) is 0.257. The molecule has 0 atom stereocenters. The van der Waals surface area contributed by atoms with Gasteiger partial charge in [0.1, 0.15) is 5.75 Å². The van der Waals surface area contributed by atoms with Gasteiger partial charge in [-0.3, -0.25) is 0 Å². The molecule has 3 aromatic carbocycles. The predicted molar refractivity (Wildman–Crippen MR) is 120 cm³/mol. The molecule has 0 aromatic heterocycles. The van der Waals surface area contributed by atoms with Crippen molar-refractivity contribution in [1.29, 1.82) is 0 Å². The number of halogens is 3. The Kier molecular flexibility index (Phi) is 6.09. The highest BCUT2D eigenvalue weighted by atomic mass is 35.5. The van der Waals surface area contributed by atoms with E-state index in [-0.39, 0.29) is 22.2 Å². The van der Waals surface area contributed by atoms with Gasteiger partial charge in [-0.25, -0.2) is 14.6 Å². The van der Waals surface area contributed by atoms with Gasteiger partial charge < -0.3 is 9.47 Å². The van der Waals surface area contributed by atoms with E-state index in [1.54, 1.807) is 54.6 Å². The Balaban J connectivity index is 1.49. The van der Waals surface area contributed by atoms with Crippen LogP contribution in [0.15, 0.2) is 77.4 Å². The van der Waals surface area contributed by atoms with Gasteiger partial charge in [-0.1, -0.05) is 53.0 Å². The van der Waals surface area contributed by atoms with Crippen molar-refractivity contribution in [2.75, 3.05) is 0 Å². The number of carbonyl (C=O) groups excluding carboxylic acids is 2. The molecule has 8 heteroatoms. The minimum atomic E-state index is -0.570. The molecule has 0 aliphatic carbocycles. The van der Waals surface area contributed by atoms with Crippen LogP contribution in [0.1, 0.15) is 21.5 Å². The summed E-state index contributed by atoms with van der Waals surface area (Å²) < 4.78 is 10.6. The van der Waals surface area contributed by atoms with Crippen molar-refractivity contribution < 1.29 is 19.1 Å². The molecule has 1 aliphatic rings. The monoisotopic (exact) mass is 471 g/mol. The summed E-state index contributed by atoms with van der Waals surface area (Å²) in [5.41, 5.74) is 1.71. The van der Waals surface area contributed by atoms with E-state index in [2.05, 4.69) is 4.99 Å². The van der Waals surface area contributed by atoms with Crippen molar-refractivity contribution >= 4 is 58.7 Å². The summed E-state index contributed by atoms with van der Waals surface area (Å²) in [6, 6.07) is 17.9. The molecule has 0 fully saturated rings. The topological polar surface area (TPSA) is 65.0 Å². The first-order valence-electron chi connectivity index (χ1n) is 8.95. The lowest BCUT2D eigenvalue weighted by atomic mass is 10.2. The number of hydrogen-bond acceptors (Lipinski definition) is 5. The molecule has 0 radical (unpaired) electrons. The minimum absolute atomic E-state index is 0.149. The van der Waals surface area contributed by atoms with Crippen LogP contribution in [0.25, 0.3) is 6.08 Å². The zero-order valence-corrected chi connectivity index (χ0v) is 17.9. The second-order valence-corrected chi connectivity index (χ2v) is 7.68. The molecule has 0 unspecified atom stereocenters. The first-order chi connectivity index (χ1) is 14.9. The summed E-state index contributed by atoms with van der Waals surface area (Å²) in [6.45, 7) is 0. The van der Waals surface area contributed by atoms with Gasteiger partial charge in [0.15, 0.2) is 5.70 Å². The molecule has 5 nitrogen and oxygen atoms in total. The second kappa shape index (κ2) is 8.94. The highest BCUT2D eigenvalue weighted by Gasteiger charge is 2.24. The van der Waals surface area contributed by atoms with E-state index in [1.165, 1.54) is 18.2 Å². The Morgan fingerprint density at radius 1 is 0.935 bits per heavy atom. The van der Waals surface area contributed by atoms with Crippen molar-refractivity contribution in [2.24, 2.45) is 4.99 Å². The van der Waals surface area contributed by atoms with Gasteiger partial charge in [0.2, 0.25) is 5.90 Å². The lowest BCUT2D eigenvalue weighted by Gasteiger charge is -2.05. The SMILES string of the molecule is O=C1OC(c2cccc(Cl)c2)=N/C1=C\c1ccc(OC(=O)c2ccc(Cl)c(Cl)c2)cc1. The lowest BCUT2D eigenvalue weighted by molar-refractivity contribution is -0.129. The van der Waals surface area contributed by atoms with Gasteiger partial charge in [0.05, 0.1) is 15.6 Å². The highest BCUT2D eigenvalue weighted by Crippen LogP contribution is 2.25. The lowest BCUT2D eigenvalue weighted by Crippen LogP contribution is -2.08. The second-order valence-electron chi connectivity index (χ2n) is 6.43. The van der Waals surface area contributed by atoms with Gasteiger partial charge in [-0.05, 0) is 60.2 Å². The standard InChI is InChI=1S/C23H12Cl3NO4/c24-16-3-1-2-14(11-16)21-27-20(23(29)31-21)10-13-4-7-17(8-5-13)30-22(28)15-6-9-18(25)19(26)12-15/h1-12H/b20-10-. The molecular weight excluding hydrogens is 461 g/mol. The molecule has 154 valence electrons. The van der Waals surface area contributed by atoms with Gasteiger partial charge >= 0.3 is 11.9 Å². The maximum atomic E-state index is 12.3. The molecule has 3 aromatic rings. The van der Waals surface area contributed by atoms with Crippen LogP contribution in [0.4, 0.5) is 0 Å². The molecule has 4 rings (SSSR count). The molecule has 1 aliphatic heterocycles. The van der Waals surface area contributed by atoms with E-state index in [4.69, 9.17) is 44.3 Å². The van der Waals surface area contributed by atoms with E-state index in [9.17, 15) is 9.59 Å². The Bertz CT molecular complexity index is 1250.